The van der Waals surface area contributed by atoms with Crippen LogP contribution in [0.5, 0.6) is 0 Å². The van der Waals surface area contributed by atoms with E-state index >= 15 is 0 Å². The van der Waals surface area contributed by atoms with Crippen molar-refractivity contribution in [1.29, 1.82) is 0 Å². The number of rotatable bonds is 10. The molecule has 0 spiro atoms. The minimum atomic E-state index is -0.932. The first-order chi connectivity index (χ1) is 14.2. The van der Waals surface area contributed by atoms with Gasteiger partial charge >= 0.3 is 0 Å². The third-order valence-corrected chi connectivity index (χ3v) is 5.29. The lowest BCUT2D eigenvalue weighted by molar-refractivity contribution is -0.129. The van der Waals surface area contributed by atoms with Crippen LogP contribution in [-0.4, -0.2) is 33.9 Å². The van der Waals surface area contributed by atoms with Crippen molar-refractivity contribution >= 4 is 11.7 Å². The zero-order valence-electron chi connectivity index (χ0n) is 18.6. The van der Waals surface area contributed by atoms with Crippen molar-refractivity contribution in [2.75, 3.05) is 0 Å². The molecular formula is C25H34N2O3. The number of hydrogen-bond acceptors (Lipinski definition) is 4. The lowest BCUT2D eigenvalue weighted by Gasteiger charge is -2.27. The van der Waals surface area contributed by atoms with Crippen molar-refractivity contribution in [1.82, 2.24) is 10.3 Å². The van der Waals surface area contributed by atoms with Gasteiger partial charge in [0.15, 0.2) is 5.78 Å². The van der Waals surface area contributed by atoms with Gasteiger partial charge in [-0.25, -0.2) is 4.98 Å². The van der Waals surface area contributed by atoms with E-state index in [0.717, 1.165) is 12.0 Å². The fourth-order valence-corrected chi connectivity index (χ4v) is 3.44. The van der Waals surface area contributed by atoms with Crippen molar-refractivity contribution in [2.45, 2.75) is 59.6 Å². The minimum absolute atomic E-state index is 0.00776. The molecule has 5 heteroatoms. The molecule has 1 aromatic carbocycles. The van der Waals surface area contributed by atoms with Gasteiger partial charge in [0.05, 0.1) is 17.7 Å². The van der Waals surface area contributed by atoms with E-state index in [4.69, 9.17) is 0 Å². The number of nitrogens with zero attached hydrogens (tertiary/aromatic N) is 1. The van der Waals surface area contributed by atoms with Crippen LogP contribution in [0.25, 0.3) is 11.3 Å². The standard InChI is InChI=1S/C25H34N2O3/c1-16(2)14-23(17(3)4)27-25(30)20(18(5)28)15-24(29)22-13-9-12-21(26-22)19-10-7-6-8-11-19/h6-13,16-18,20,23,28H,14-15H2,1-5H3,(H,27,30)/t18-,20+,23+/m1/s1. The Labute approximate surface area is 179 Å². The second kappa shape index (κ2) is 11.0. The lowest BCUT2D eigenvalue weighted by Crippen LogP contribution is -2.45. The van der Waals surface area contributed by atoms with Gasteiger partial charge in [0, 0.05) is 18.0 Å². The summed E-state index contributed by atoms with van der Waals surface area (Å²) in [4.78, 5) is 30.3. The summed E-state index contributed by atoms with van der Waals surface area (Å²) in [5, 5.41) is 13.3. The molecule has 0 unspecified atom stereocenters. The van der Waals surface area contributed by atoms with E-state index in [9.17, 15) is 14.7 Å². The van der Waals surface area contributed by atoms with Crippen molar-refractivity contribution in [3.63, 3.8) is 0 Å². The van der Waals surface area contributed by atoms with Gasteiger partial charge in [0.25, 0.3) is 0 Å². The fraction of sp³-hybridized carbons (Fsp3) is 0.480. The van der Waals surface area contributed by atoms with E-state index in [1.54, 1.807) is 19.1 Å². The highest BCUT2D eigenvalue weighted by Gasteiger charge is 2.30. The summed E-state index contributed by atoms with van der Waals surface area (Å²) in [5.41, 5.74) is 1.93. The second-order valence-electron chi connectivity index (χ2n) is 8.74. The molecule has 2 rings (SSSR count). The maximum atomic E-state index is 12.9. The molecule has 0 saturated heterocycles. The molecule has 1 heterocycles. The Bertz CT molecular complexity index is 831. The first-order valence-electron chi connectivity index (χ1n) is 10.7. The molecule has 0 saturated carbocycles. The molecule has 3 atom stereocenters. The molecule has 0 fully saturated rings. The molecule has 0 bridgehead atoms. The lowest BCUT2D eigenvalue weighted by atomic mass is 9.91. The summed E-state index contributed by atoms with van der Waals surface area (Å²) in [6.45, 7) is 9.91. The monoisotopic (exact) mass is 410 g/mol. The quantitative estimate of drug-likeness (QED) is 0.565. The number of carbonyl (C=O) groups excluding carboxylic acids is 2. The van der Waals surface area contributed by atoms with E-state index in [2.05, 4.69) is 38.0 Å². The molecule has 0 aliphatic carbocycles. The number of aromatic nitrogens is 1. The van der Waals surface area contributed by atoms with E-state index in [-0.39, 0.29) is 30.1 Å². The molecule has 1 aromatic heterocycles. The molecular weight excluding hydrogens is 376 g/mol. The van der Waals surface area contributed by atoms with Crippen LogP contribution < -0.4 is 5.32 Å². The summed E-state index contributed by atoms with van der Waals surface area (Å²) in [6, 6.07) is 14.9. The van der Waals surface area contributed by atoms with Crippen LogP contribution in [0.4, 0.5) is 0 Å². The minimum Gasteiger partial charge on any atom is -0.393 e. The zero-order valence-corrected chi connectivity index (χ0v) is 18.6. The Morgan fingerprint density at radius 2 is 1.63 bits per heavy atom. The Hall–Kier alpha value is -2.53. The number of hydrogen-bond donors (Lipinski definition) is 2. The Kier molecular flexibility index (Phi) is 8.72. The molecule has 0 radical (unpaired) electrons. The summed E-state index contributed by atoms with van der Waals surface area (Å²) < 4.78 is 0. The molecule has 0 aliphatic heterocycles. The van der Waals surface area contributed by atoms with Crippen LogP contribution in [0.2, 0.25) is 0 Å². The third-order valence-electron chi connectivity index (χ3n) is 5.29. The van der Waals surface area contributed by atoms with Gasteiger partial charge in [-0.15, -0.1) is 0 Å². The number of amides is 1. The molecule has 0 aliphatic rings. The van der Waals surface area contributed by atoms with Crippen LogP contribution in [0, 0.1) is 17.8 Å². The summed E-state index contributed by atoms with van der Waals surface area (Å²) >= 11 is 0. The molecule has 162 valence electrons. The van der Waals surface area contributed by atoms with Gasteiger partial charge < -0.3 is 10.4 Å². The van der Waals surface area contributed by atoms with E-state index in [0.29, 0.717) is 17.3 Å². The van der Waals surface area contributed by atoms with Crippen molar-refractivity contribution in [3.8, 4) is 11.3 Å². The van der Waals surface area contributed by atoms with Gasteiger partial charge in [-0.05, 0) is 37.3 Å². The van der Waals surface area contributed by atoms with Gasteiger partial charge in [-0.1, -0.05) is 64.1 Å². The predicted molar refractivity (Wildman–Crippen MR) is 120 cm³/mol. The highest BCUT2D eigenvalue weighted by Crippen LogP contribution is 2.20. The highest BCUT2D eigenvalue weighted by atomic mass is 16.3. The summed E-state index contributed by atoms with van der Waals surface area (Å²) in [6.07, 6.45) is -0.163. The number of carbonyl (C=O) groups is 2. The first-order valence-corrected chi connectivity index (χ1v) is 10.7. The maximum absolute atomic E-state index is 12.9. The SMILES string of the molecule is CC(C)C[C@H](NC(=O)[C@@H](CC(=O)c1cccc(-c2ccccc2)n1)[C@@H](C)O)C(C)C. The molecule has 2 N–H and O–H groups in total. The zero-order chi connectivity index (χ0) is 22.3. The van der Waals surface area contributed by atoms with Crippen LogP contribution in [0.15, 0.2) is 48.5 Å². The molecule has 30 heavy (non-hydrogen) atoms. The average Bonchev–Trinajstić information content (AvgIpc) is 2.71. The van der Waals surface area contributed by atoms with Crippen LogP contribution in [0.1, 0.15) is 57.9 Å². The van der Waals surface area contributed by atoms with Crippen molar-refractivity contribution in [2.24, 2.45) is 17.8 Å². The fourth-order valence-electron chi connectivity index (χ4n) is 3.44. The van der Waals surface area contributed by atoms with E-state index in [1.165, 1.54) is 0 Å². The first kappa shape index (κ1) is 23.7. The van der Waals surface area contributed by atoms with Gasteiger partial charge in [-0.2, -0.15) is 0 Å². The number of aliphatic hydroxyl groups excluding tert-OH is 1. The van der Waals surface area contributed by atoms with Crippen molar-refractivity contribution in [3.05, 3.63) is 54.2 Å². The Morgan fingerprint density at radius 1 is 0.967 bits per heavy atom. The van der Waals surface area contributed by atoms with Gasteiger partial charge in [0.1, 0.15) is 5.69 Å². The predicted octanol–water partition coefficient (Wildman–Crippen LogP) is 4.51. The van der Waals surface area contributed by atoms with Crippen LogP contribution in [0.3, 0.4) is 0 Å². The second-order valence-corrected chi connectivity index (χ2v) is 8.74. The summed E-state index contributed by atoms with van der Waals surface area (Å²) in [5.74, 6) is -0.635. The number of Topliss-reactive ketones (excluding diaryl/α,β-unsaturated/α-hetero) is 1. The normalized spacial score (nSPS) is 14.4. The van der Waals surface area contributed by atoms with Gasteiger partial charge in [0.2, 0.25) is 5.91 Å². The smallest absolute Gasteiger partial charge is 0.226 e. The van der Waals surface area contributed by atoms with Crippen molar-refractivity contribution < 1.29 is 14.7 Å². The summed E-state index contributed by atoms with van der Waals surface area (Å²) in [7, 11) is 0. The number of aliphatic hydroxyl groups is 1. The van der Waals surface area contributed by atoms with E-state index in [1.807, 2.05) is 36.4 Å². The number of pyridine rings is 1. The highest BCUT2D eigenvalue weighted by molar-refractivity contribution is 5.97. The number of nitrogens with one attached hydrogen (secondary N) is 1. The topological polar surface area (TPSA) is 79.3 Å². The largest absolute Gasteiger partial charge is 0.393 e. The Balaban J connectivity index is 2.14. The van der Waals surface area contributed by atoms with E-state index < -0.39 is 12.0 Å². The molecule has 1 amide bonds. The third kappa shape index (κ3) is 6.77. The average molecular weight is 411 g/mol. The van der Waals surface area contributed by atoms with Gasteiger partial charge in [-0.3, -0.25) is 9.59 Å². The van der Waals surface area contributed by atoms with Crippen LogP contribution in [-0.2, 0) is 4.79 Å². The maximum Gasteiger partial charge on any atom is 0.226 e. The van der Waals surface area contributed by atoms with Crippen LogP contribution >= 0.6 is 0 Å². The number of benzene rings is 1. The molecule has 2 aromatic rings. The number of ketones is 1. The molecule has 5 nitrogen and oxygen atoms in total. The Morgan fingerprint density at radius 3 is 2.20 bits per heavy atom.